The van der Waals surface area contributed by atoms with Crippen LogP contribution in [-0.2, 0) is 0 Å². The highest BCUT2D eigenvalue weighted by molar-refractivity contribution is 5.53. The third-order valence-electron chi connectivity index (χ3n) is 3.49. The van der Waals surface area contributed by atoms with E-state index in [1.54, 1.807) is 0 Å². The Bertz CT molecular complexity index is 427. The summed E-state index contributed by atoms with van der Waals surface area (Å²) in [6.45, 7) is 5.35. The van der Waals surface area contributed by atoms with Crippen molar-refractivity contribution in [2.45, 2.75) is 25.9 Å². The molecule has 4 nitrogen and oxygen atoms in total. The summed E-state index contributed by atoms with van der Waals surface area (Å²) in [5.41, 5.74) is 1.05. The second kappa shape index (κ2) is 5.06. The van der Waals surface area contributed by atoms with E-state index in [-0.39, 0.29) is 0 Å². The van der Waals surface area contributed by atoms with Crippen molar-refractivity contribution in [1.29, 1.82) is 0 Å². The second-order valence-electron chi connectivity index (χ2n) is 4.78. The van der Waals surface area contributed by atoms with Gasteiger partial charge in [-0.25, -0.2) is 0 Å². The molecule has 0 aliphatic carbocycles. The predicted molar refractivity (Wildman–Crippen MR) is 68.7 cm³/mol. The summed E-state index contributed by atoms with van der Waals surface area (Å²) in [5, 5.41) is 3.34. The molecule has 0 amide bonds. The summed E-state index contributed by atoms with van der Waals surface area (Å²) < 4.78 is 17.3. The van der Waals surface area contributed by atoms with E-state index in [0.29, 0.717) is 19.3 Å². The number of fused-ring (bicyclic) bond motifs is 1. The lowest BCUT2D eigenvalue weighted by atomic mass is 10.1. The zero-order valence-electron chi connectivity index (χ0n) is 10.7. The smallest absolute Gasteiger partial charge is 0.167 e. The summed E-state index contributed by atoms with van der Waals surface area (Å²) >= 11 is 0. The van der Waals surface area contributed by atoms with Crippen LogP contribution in [0.3, 0.4) is 0 Å². The van der Waals surface area contributed by atoms with Crippen molar-refractivity contribution in [3.63, 3.8) is 0 Å². The van der Waals surface area contributed by atoms with Crippen LogP contribution in [0.4, 0.5) is 0 Å². The normalized spacial score (nSPS) is 19.6. The molecule has 2 aliphatic rings. The van der Waals surface area contributed by atoms with Gasteiger partial charge in [-0.1, -0.05) is 0 Å². The first kappa shape index (κ1) is 11.7. The Balaban J connectivity index is 1.79. The first-order valence-electron chi connectivity index (χ1n) is 6.61. The molecule has 1 aromatic carbocycles. The van der Waals surface area contributed by atoms with Crippen LogP contribution < -0.4 is 19.5 Å². The molecule has 0 atom stereocenters. The molecule has 2 heterocycles. The average Bonchev–Trinajstić information content (AvgIpc) is 2.43. The van der Waals surface area contributed by atoms with Crippen LogP contribution in [0.2, 0.25) is 0 Å². The minimum absolute atomic E-state index is 0.313. The summed E-state index contributed by atoms with van der Waals surface area (Å²) in [7, 11) is 0. The molecule has 0 bridgehead atoms. The molecule has 1 fully saturated rings. The molecule has 1 saturated heterocycles. The van der Waals surface area contributed by atoms with E-state index in [1.165, 1.54) is 0 Å². The maximum atomic E-state index is 6.08. The maximum Gasteiger partial charge on any atom is 0.167 e. The van der Waals surface area contributed by atoms with Crippen molar-refractivity contribution in [2.75, 3.05) is 26.3 Å². The van der Waals surface area contributed by atoms with Crippen molar-refractivity contribution in [3.8, 4) is 17.2 Å². The molecule has 0 saturated carbocycles. The molecule has 2 aliphatic heterocycles. The summed E-state index contributed by atoms with van der Waals surface area (Å²) in [5.74, 6) is 2.59. The predicted octanol–water partition coefficient (Wildman–Crippen LogP) is 1.90. The second-order valence-corrected chi connectivity index (χ2v) is 4.78. The van der Waals surface area contributed by atoms with Crippen LogP contribution in [0.1, 0.15) is 18.4 Å². The van der Waals surface area contributed by atoms with Crippen molar-refractivity contribution >= 4 is 0 Å². The van der Waals surface area contributed by atoms with Crippen LogP contribution in [0.15, 0.2) is 12.1 Å². The molecule has 98 valence electrons. The van der Waals surface area contributed by atoms with Crippen LogP contribution in [0, 0.1) is 6.92 Å². The fourth-order valence-corrected chi connectivity index (χ4v) is 2.46. The van der Waals surface area contributed by atoms with Gasteiger partial charge in [-0.05, 0) is 45.0 Å². The van der Waals surface area contributed by atoms with E-state index < -0.39 is 0 Å². The highest BCUT2D eigenvalue weighted by atomic mass is 16.6. The summed E-state index contributed by atoms with van der Waals surface area (Å²) in [6, 6.07) is 3.93. The van der Waals surface area contributed by atoms with E-state index in [4.69, 9.17) is 14.2 Å². The van der Waals surface area contributed by atoms with E-state index >= 15 is 0 Å². The van der Waals surface area contributed by atoms with Crippen LogP contribution in [0.25, 0.3) is 0 Å². The molecule has 0 radical (unpaired) electrons. The van der Waals surface area contributed by atoms with Gasteiger partial charge in [0.15, 0.2) is 11.5 Å². The topological polar surface area (TPSA) is 39.7 Å². The highest BCUT2D eigenvalue weighted by Gasteiger charge is 2.20. The van der Waals surface area contributed by atoms with Gasteiger partial charge in [0.25, 0.3) is 0 Å². The lowest BCUT2D eigenvalue weighted by Gasteiger charge is -2.26. The standard InChI is InChI=1S/C14H19NO3/c1-10-12(18-11-4-6-15-7-5-11)2-3-13-14(10)17-9-8-16-13/h2-3,11,15H,4-9H2,1H3. The first-order chi connectivity index (χ1) is 8.84. The number of ether oxygens (including phenoxy) is 3. The molecule has 0 unspecified atom stereocenters. The van der Waals surface area contributed by atoms with Crippen molar-refractivity contribution in [1.82, 2.24) is 5.32 Å². The van der Waals surface area contributed by atoms with Crippen molar-refractivity contribution in [3.05, 3.63) is 17.7 Å². The lowest BCUT2D eigenvalue weighted by Crippen LogP contribution is -2.34. The van der Waals surface area contributed by atoms with Gasteiger partial charge >= 0.3 is 0 Å². The summed E-state index contributed by atoms with van der Waals surface area (Å²) in [6.07, 6.45) is 2.44. The minimum Gasteiger partial charge on any atom is -0.490 e. The fourth-order valence-electron chi connectivity index (χ4n) is 2.46. The van der Waals surface area contributed by atoms with Gasteiger partial charge in [0.2, 0.25) is 0 Å². The SMILES string of the molecule is Cc1c(OC2CCNCC2)ccc2c1OCCO2. The van der Waals surface area contributed by atoms with Gasteiger partial charge in [0.1, 0.15) is 25.1 Å². The van der Waals surface area contributed by atoms with E-state index in [0.717, 1.165) is 48.7 Å². The van der Waals surface area contributed by atoms with Crippen LogP contribution in [0.5, 0.6) is 17.2 Å². The van der Waals surface area contributed by atoms with Crippen molar-refractivity contribution < 1.29 is 14.2 Å². The van der Waals surface area contributed by atoms with Crippen LogP contribution in [-0.4, -0.2) is 32.4 Å². The Labute approximate surface area is 107 Å². The first-order valence-corrected chi connectivity index (χ1v) is 6.61. The van der Waals surface area contributed by atoms with Gasteiger partial charge in [-0.15, -0.1) is 0 Å². The minimum atomic E-state index is 0.313. The Morgan fingerprint density at radius 3 is 2.78 bits per heavy atom. The van der Waals surface area contributed by atoms with Gasteiger partial charge < -0.3 is 19.5 Å². The Kier molecular flexibility index (Phi) is 3.28. The monoisotopic (exact) mass is 249 g/mol. The molecular formula is C14H19NO3. The van der Waals surface area contributed by atoms with Gasteiger partial charge in [0, 0.05) is 5.56 Å². The number of hydrogen-bond donors (Lipinski definition) is 1. The van der Waals surface area contributed by atoms with E-state index in [1.807, 2.05) is 19.1 Å². The highest BCUT2D eigenvalue weighted by Crippen LogP contribution is 2.39. The van der Waals surface area contributed by atoms with Gasteiger partial charge in [-0.2, -0.15) is 0 Å². The molecule has 0 aromatic heterocycles. The Morgan fingerprint density at radius 2 is 1.94 bits per heavy atom. The van der Waals surface area contributed by atoms with Gasteiger partial charge in [0.05, 0.1) is 0 Å². The quantitative estimate of drug-likeness (QED) is 0.869. The lowest BCUT2D eigenvalue weighted by molar-refractivity contribution is 0.152. The number of hydrogen-bond acceptors (Lipinski definition) is 4. The number of benzene rings is 1. The molecule has 3 rings (SSSR count). The maximum absolute atomic E-state index is 6.08. The zero-order chi connectivity index (χ0) is 12.4. The average molecular weight is 249 g/mol. The van der Waals surface area contributed by atoms with Gasteiger partial charge in [-0.3, -0.25) is 0 Å². The number of nitrogens with one attached hydrogen (secondary N) is 1. The van der Waals surface area contributed by atoms with E-state index in [9.17, 15) is 0 Å². The number of rotatable bonds is 2. The molecule has 0 spiro atoms. The van der Waals surface area contributed by atoms with E-state index in [2.05, 4.69) is 5.32 Å². The Hall–Kier alpha value is -1.42. The van der Waals surface area contributed by atoms with Crippen molar-refractivity contribution in [2.24, 2.45) is 0 Å². The molecule has 4 heteroatoms. The third-order valence-corrected chi connectivity index (χ3v) is 3.49. The molecule has 1 aromatic rings. The number of piperidine rings is 1. The Morgan fingerprint density at radius 1 is 1.17 bits per heavy atom. The molecule has 1 N–H and O–H groups in total. The fraction of sp³-hybridized carbons (Fsp3) is 0.571. The zero-order valence-corrected chi connectivity index (χ0v) is 10.7. The molecule has 18 heavy (non-hydrogen) atoms. The van der Waals surface area contributed by atoms with Crippen LogP contribution >= 0.6 is 0 Å². The largest absolute Gasteiger partial charge is 0.490 e. The molecular weight excluding hydrogens is 230 g/mol. The third kappa shape index (κ3) is 2.25. The summed E-state index contributed by atoms with van der Waals surface area (Å²) in [4.78, 5) is 0.